The van der Waals surface area contributed by atoms with Crippen LogP contribution in [0.2, 0.25) is 0 Å². The zero-order valence-corrected chi connectivity index (χ0v) is 12.6. The van der Waals surface area contributed by atoms with Gasteiger partial charge in [-0.2, -0.15) is 0 Å². The number of thiophene rings is 1. The Labute approximate surface area is 116 Å². The predicted octanol–water partition coefficient (Wildman–Crippen LogP) is 3.60. The van der Waals surface area contributed by atoms with Crippen molar-refractivity contribution in [2.45, 2.75) is 44.2 Å². The van der Waals surface area contributed by atoms with Gasteiger partial charge in [-0.3, -0.25) is 0 Å². The Morgan fingerprint density at radius 2 is 2.53 bits per heavy atom. The highest BCUT2D eigenvalue weighted by atomic mass is 79.9. The first-order valence-electron chi connectivity index (χ1n) is 6.30. The first kappa shape index (κ1) is 13.5. The highest BCUT2D eigenvalue weighted by Crippen LogP contribution is 2.25. The molecule has 1 aliphatic heterocycles. The Kier molecular flexibility index (Phi) is 5.48. The Morgan fingerprint density at radius 1 is 1.65 bits per heavy atom. The van der Waals surface area contributed by atoms with Crippen LogP contribution >= 0.6 is 27.3 Å². The second-order valence-corrected chi connectivity index (χ2v) is 6.45. The van der Waals surface area contributed by atoms with Crippen LogP contribution in [0.15, 0.2) is 15.9 Å². The highest BCUT2D eigenvalue weighted by Gasteiger charge is 2.18. The number of hydrogen-bond donors (Lipinski definition) is 1. The van der Waals surface area contributed by atoms with E-state index in [9.17, 15) is 0 Å². The minimum Gasteiger partial charge on any atom is -0.378 e. The maximum Gasteiger partial charge on any atom is 0.0576 e. The van der Waals surface area contributed by atoms with Crippen LogP contribution in [0.1, 0.15) is 30.6 Å². The average Bonchev–Trinajstić information content (AvgIpc) is 2.96. The minimum absolute atomic E-state index is 0.512. The maximum absolute atomic E-state index is 5.67. The monoisotopic (exact) mass is 317 g/mol. The van der Waals surface area contributed by atoms with Gasteiger partial charge in [0.1, 0.15) is 0 Å². The molecule has 0 saturated carbocycles. The van der Waals surface area contributed by atoms with Crippen LogP contribution in [0.25, 0.3) is 0 Å². The van der Waals surface area contributed by atoms with E-state index in [1.807, 2.05) is 11.3 Å². The van der Waals surface area contributed by atoms with Gasteiger partial charge < -0.3 is 10.1 Å². The van der Waals surface area contributed by atoms with Gasteiger partial charge in [-0.1, -0.05) is 0 Å². The summed E-state index contributed by atoms with van der Waals surface area (Å²) in [5.74, 6) is 0. The number of hydrogen-bond acceptors (Lipinski definition) is 3. The van der Waals surface area contributed by atoms with Gasteiger partial charge in [-0.15, -0.1) is 11.3 Å². The molecule has 96 valence electrons. The quantitative estimate of drug-likeness (QED) is 0.865. The Hall–Kier alpha value is 0.100. The summed E-state index contributed by atoms with van der Waals surface area (Å²) in [4.78, 5) is 1.44. The van der Waals surface area contributed by atoms with Crippen LogP contribution < -0.4 is 5.32 Å². The maximum atomic E-state index is 5.67. The summed E-state index contributed by atoms with van der Waals surface area (Å²) in [5.41, 5.74) is 0. The van der Waals surface area contributed by atoms with Crippen molar-refractivity contribution in [3.63, 3.8) is 0 Å². The summed E-state index contributed by atoms with van der Waals surface area (Å²) >= 11 is 5.43. The molecule has 1 fully saturated rings. The normalized spacial score (nSPS) is 21.9. The molecule has 0 amide bonds. The molecule has 1 aromatic rings. The second-order valence-electron chi connectivity index (χ2n) is 4.59. The summed E-state index contributed by atoms with van der Waals surface area (Å²) in [6.45, 7) is 0.964. The highest BCUT2D eigenvalue weighted by molar-refractivity contribution is 9.10. The smallest absolute Gasteiger partial charge is 0.0576 e. The van der Waals surface area contributed by atoms with Gasteiger partial charge in [0.2, 0.25) is 0 Å². The van der Waals surface area contributed by atoms with E-state index in [0.717, 1.165) is 13.0 Å². The van der Waals surface area contributed by atoms with Crippen LogP contribution in [0.5, 0.6) is 0 Å². The third-order valence-corrected chi connectivity index (χ3v) is 5.34. The fourth-order valence-corrected chi connectivity index (χ4v) is 3.90. The summed E-state index contributed by atoms with van der Waals surface area (Å²) in [5, 5.41) is 5.57. The molecule has 2 unspecified atom stereocenters. The zero-order valence-electron chi connectivity index (χ0n) is 10.2. The van der Waals surface area contributed by atoms with Crippen molar-refractivity contribution < 1.29 is 4.74 Å². The lowest BCUT2D eigenvalue weighted by molar-refractivity contribution is 0.0998. The number of likely N-dealkylation sites (N-methyl/N-ethyl adjacent to an activating group) is 1. The Balaban J connectivity index is 1.78. The van der Waals surface area contributed by atoms with Gasteiger partial charge in [0.15, 0.2) is 0 Å². The Bertz CT molecular complexity index is 336. The van der Waals surface area contributed by atoms with E-state index in [4.69, 9.17) is 4.74 Å². The molecule has 0 aromatic carbocycles. The zero-order chi connectivity index (χ0) is 12.1. The van der Waals surface area contributed by atoms with Crippen LogP contribution in [0, 0.1) is 0 Å². The molecule has 0 bridgehead atoms. The van der Waals surface area contributed by atoms with E-state index in [1.165, 1.54) is 35.0 Å². The van der Waals surface area contributed by atoms with E-state index >= 15 is 0 Å². The van der Waals surface area contributed by atoms with Crippen molar-refractivity contribution in [2.24, 2.45) is 0 Å². The van der Waals surface area contributed by atoms with E-state index in [1.54, 1.807) is 0 Å². The molecule has 2 heterocycles. The summed E-state index contributed by atoms with van der Waals surface area (Å²) in [7, 11) is 2.06. The minimum atomic E-state index is 0.512. The van der Waals surface area contributed by atoms with Crippen molar-refractivity contribution >= 4 is 27.3 Å². The molecule has 2 nitrogen and oxygen atoms in total. The lowest BCUT2D eigenvalue weighted by Crippen LogP contribution is -2.28. The summed E-state index contributed by atoms with van der Waals surface area (Å²) in [6, 6.07) is 2.70. The van der Waals surface area contributed by atoms with Gasteiger partial charge in [-0.05, 0) is 66.5 Å². The molecule has 1 aromatic heterocycles. The molecule has 2 atom stereocenters. The van der Waals surface area contributed by atoms with Crippen molar-refractivity contribution in [3.05, 3.63) is 20.8 Å². The lowest BCUT2D eigenvalue weighted by Gasteiger charge is -2.17. The fraction of sp³-hybridized carbons (Fsp3) is 0.692. The van der Waals surface area contributed by atoms with Crippen LogP contribution in [0.4, 0.5) is 0 Å². The number of rotatable bonds is 6. The van der Waals surface area contributed by atoms with Gasteiger partial charge in [0.05, 0.1) is 6.10 Å². The molecule has 2 rings (SSSR count). The molecule has 1 N–H and O–H groups in total. The van der Waals surface area contributed by atoms with Gasteiger partial charge in [0, 0.05) is 22.0 Å². The van der Waals surface area contributed by atoms with Crippen LogP contribution in [-0.2, 0) is 11.2 Å². The molecule has 0 aliphatic carbocycles. The van der Waals surface area contributed by atoms with Gasteiger partial charge in [0.25, 0.3) is 0 Å². The lowest BCUT2D eigenvalue weighted by atomic mass is 10.0. The third-order valence-electron chi connectivity index (χ3n) is 3.39. The topological polar surface area (TPSA) is 21.3 Å². The molecule has 1 saturated heterocycles. The third kappa shape index (κ3) is 4.05. The fourth-order valence-electron chi connectivity index (χ4n) is 2.30. The van der Waals surface area contributed by atoms with Crippen LogP contribution in [-0.4, -0.2) is 25.8 Å². The van der Waals surface area contributed by atoms with Gasteiger partial charge in [-0.25, -0.2) is 0 Å². The molecule has 17 heavy (non-hydrogen) atoms. The summed E-state index contributed by atoms with van der Waals surface area (Å²) in [6.07, 6.45) is 6.50. The average molecular weight is 318 g/mol. The number of halogens is 1. The van der Waals surface area contributed by atoms with E-state index in [-0.39, 0.29) is 0 Å². The number of nitrogens with one attached hydrogen (secondary N) is 1. The van der Waals surface area contributed by atoms with Crippen molar-refractivity contribution in [1.82, 2.24) is 5.32 Å². The number of ether oxygens (including phenoxy) is 1. The van der Waals surface area contributed by atoms with E-state index in [2.05, 4.69) is 39.7 Å². The Morgan fingerprint density at radius 3 is 3.12 bits per heavy atom. The molecular weight excluding hydrogens is 298 g/mol. The molecule has 0 radical (unpaired) electrons. The largest absolute Gasteiger partial charge is 0.378 e. The SMILES string of the molecule is CNC(CCC1CCCO1)Cc1sccc1Br. The van der Waals surface area contributed by atoms with Gasteiger partial charge >= 0.3 is 0 Å². The van der Waals surface area contributed by atoms with Crippen molar-refractivity contribution in [2.75, 3.05) is 13.7 Å². The van der Waals surface area contributed by atoms with Crippen molar-refractivity contribution in [1.29, 1.82) is 0 Å². The molecule has 0 spiro atoms. The standard InChI is InChI=1S/C13H20BrNOS/c1-15-10(4-5-11-3-2-7-16-11)9-13-12(14)6-8-17-13/h6,8,10-11,15H,2-5,7,9H2,1H3. The first-order valence-corrected chi connectivity index (χ1v) is 7.97. The van der Waals surface area contributed by atoms with Crippen molar-refractivity contribution in [3.8, 4) is 0 Å². The van der Waals surface area contributed by atoms with E-state index < -0.39 is 0 Å². The molecule has 1 aliphatic rings. The van der Waals surface area contributed by atoms with Crippen LogP contribution in [0.3, 0.4) is 0 Å². The first-order chi connectivity index (χ1) is 8.29. The predicted molar refractivity (Wildman–Crippen MR) is 76.8 cm³/mol. The second kappa shape index (κ2) is 6.88. The molecule has 4 heteroatoms. The molecular formula is C13H20BrNOS. The van der Waals surface area contributed by atoms with E-state index in [0.29, 0.717) is 12.1 Å². The summed E-state index contributed by atoms with van der Waals surface area (Å²) < 4.78 is 6.92.